The van der Waals surface area contributed by atoms with Gasteiger partial charge in [0, 0.05) is 32.1 Å². The fraction of sp³-hybridized carbons (Fsp3) is 0.579. The summed E-state index contributed by atoms with van der Waals surface area (Å²) in [5.74, 6) is 0.328. The molecule has 0 aromatic heterocycles. The average molecular weight is 311 g/mol. The second-order valence-electron chi connectivity index (χ2n) is 6.71. The Labute approximate surface area is 138 Å². The van der Waals surface area contributed by atoms with Gasteiger partial charge < -0.3 is 4.90 Å². The molecule has 3 rings (SSSR count). The van der Waals surface area contributed by atoms with Crippen LogP contribution in [0.15, 0.2) is 24.3 Å². The first-order valence-corrected chi connectivity index (χ1v) is 8.77. The second kappa shape index (κ2) is 7.61. The lowest BCUT2D eigenvalue weighted by Gasteiger charge is -2.36. The third-order valence-electron chi connectivity index (χ3n) is 5.09. The minimum absolute atomic E-state index is 0.328. The Morgan fingerprint density at radius 1 is 1.22 bits per heavy atom. The summed E-state index contributed by atoms with van der Waals surface area (Å²) >= 11 is 0. The summed E-state index contributed by atoms with van der Waals surface area (Å²) < 4.78 is 0. The molecule has 1 amide bonds. The average Bonchev–Trinajstić information content (AvgIpc) is 2.99. The zero-order valence-corrected chi connectivity index (χ0v) is 13.7. The van der Waals surface area contributed by atoms with Crippen molar-refractivity contribution >= 4 is 5.91 Å². The van der Waals surface area contributed by atoms with Crippen molar-refractivity contribution in [2.24, 2.45) is 0 Å². The van der Waals surface area contributed by atoms with Gasteiger partial charge in [0.05, 0.1) is 11.6 Å². The van der Waals surface area contributed by atoms with Crippen molar-refractivity contribution in [3.05, 3.63) is 35.4 Å². The normalized spacial score (nSPS) is 22.3. The van der Waals surface area contributed by atoms with Crippen molar-refractivity contribution in [2.45, 2.75) is 51.1 Å². The van der Waals surface area contributed by atoms with Crippen LogP contribution in [0.1, 0.15) is 49.7 Å². The Morgan fingerprint density at radius 2 is 2.13 bits per heavy atom. The first kappa shape index (κ1) is 16.0. The molecule has 0 radical (unpaired) electrons. The highest BCUT2D eigenvalue weighted by Gasteiger charge is 2.25. The predicted molar refractivity (Wildman–Crippen MR) is 89.6 cm³/mol. The van der Waals surface area contributed by atoms with Crippen molar-refractivity contribution in [2.75, 3.05) is 19.6 Å². The maximum atomic E-state index is 11.8. The minimum Gasteiger partial charge on any atom is -0.343 e. The quantitative estimate of drug-likeness (QED) is 0.840. The van der Waals surface area contributed by atoms with E-state index in [9.17, 15) is 4.79 Å². The number of piperidine rings is 1. The van der Waals surface area contributed by atoms with Crippen LogP contribution in [0.2, 0.25) is 0 Å². The van der Waals surface area contributed by atoms with Gasteiger partial charge in [0.1, 0.15) is 0 Å². The fourth-order valence-corrected chi connectivity index (χ4v) is 3.81. The SMILES string of the molecule is N#Cc1cccc(CN2CCCC[C@@H]2CCN2CCCC2=O)c1. The van der Waals surface area contributed by atoms with Crippen LogP contribution in [-0.2, 0) is 11.3 Å². The molecular formula is C19H25N3O. The maximum Gasteiger partial charge on any atom is 0.222 e. The molecule has 0 bridgehead atoms. The van der Waals surface area contributed by atoms with E-state index in [0.717, 1.165) is 51.0 Å². The molecule has 1 atom stereocenters. The monoisotopic (exact) mass is 311 g/mol. The second-order valence-corrected chi connectivity index (χ2v) is 6.71. The molecule has 2 aliphatic heterocycles. The molecule has 2 aliphatic rings. The summed E-state index contributed by atoms with van der Waals surface area (Å²) in [5.41, 5.74) is 1.95. The first-order chi connectivity index (χ1) is 11.3. The van der Waals surface area contributed by atoms with Crippen LogP contribution in [0.5, 0.6) is 0 Å². The highest BCUT2D eigenvalue weighted by molar-refractivity contribution is 5.78. The summed E-state index contributed by atoms with van der Waals surface area (Å²) in [6.07, 6.45) is 6.58. The standard InChI is InChI=1S/C19H25N3O/c20-14-16-5-3-6-17(13-16)15-22-10-2-1-7-18(22)9-12-21-11-4-8-19(21)23/h3,5-6,13,18H,1-2,4,7-12,15H2/t18-/m1/s1. The van der Waals surface area contributed by atoms with Crippen LogP contribution in [0.4, 0.5) is 0 Å². The van der Waals surface area contributed by atoms with Crippen LogP contribution in [-0.4, -0.2) is 41.4 Å². The smallest absolute Gasteiger partial charge is 0.222 e. The number of hydrogen-bond donors (Lipinski definition) is 0. The zero-order valence-electron chi connectivity index (χ0n) is 13.7. The number of carbonyl (C=O) groups excluding carboxylic acids is 1. The number of amides is 1. The Kier molecular flexibility index (Phi) is 5.30. The van der Waals surface area contributed by atoms with Gasteiger partial charge in [-0.2, -0.15) is 5.26 Å². The van der Waals surface area contributed by atoms with E-state index in [4.69, 9.17) is 5.26 Å². The van der Waals surface area contributed by atoms with Crippen molar-refractivity contribution < 1.29 is 4.79 Å². The summed E-state index contributed by atoms with van der Waals surface area (Å²) in [5, 5.41) is 9.05. The van der Waals surface area contributed by atoms with E-state index in [2.05, 4.69) is 17.0 Å². The molecule has 0 spiro atoms. The van der Waals surface area contributed by atoms with E-state index in [-0.39, 0.29) is 0 Å². The van der Waals surface area contributed by atoms with Crippen molar-refractivity contribution in [3.8, 4) is 6.07 Å². The van der Waals surface area contributed by atoms with E-state index in [1.807, 2.05) is 23.1 Å². The van der Waals surface area contributed by atoms with Gasteiger partial charge in [-0.15, -0.1) is 0 Å². The van der Waals surface area contributed by atoms with E-state index in [0.29, 0.717) is 11.9 Å². The molecule has 1 aromatic rings. The van der Waals surface area contributed by atoms with E-state index < -0.39 is 0 Å². The Hall–Kier alpha value is -1.86. The van der Waals surface area contributed by atoms with Crippen molar-refractivity contribution in [1.82, 2.24) is 9.80 Å². The third-order valence-corrected chi connectivity index (χ3v) is 5.09. The molecule has 122 valence electrons. The van der Waals surface area contributed by atoms with Gasteiger partial charge in [-0.25, -0.2) is 0 Å². The lowest BCUT2D eigenvalue weighted by Crippen LogP contribution is -2.41. The van der Waals surface area contributed by atoms with E-state index in [1.165, 1.54) is 24.8 Å². The fourth-order valence-electron chi connectivity index (χ4n) is 3.81. The molecule has 2 fully saturated rings. The number of likely N-dealkylation sites (tertiary alicyclic amines) is 2. The van der Waals surface area contributed by atoms with E-state index in [1.54, 1.807) is 0 Å². The number of nitrogens with zero attached hydrogens (tertiary/aromatic N) is 3. The van der Waals surface area contributed by atoms with Crippen LogP contribution in [0.25, 0.3) is 0 Å². The minimum atomic E-state index is 0.328. The number of hydrogen-bond acceptors (Lipinski definition) is 3. The Bertz CT molecular complexity index is 593. The topological polar surface area (TPSA) is 47.3 Å². The maximum absolute atomic E-state index is 11.8. The van der Waals surface area contributed by atoms with Gasteiger partial charge in [0.25, 0.3) is 0 Å². The number of nitriles is 1. The van der Waals surface area contributed by atoms with Gasteiger partial charge in [-0.1, -0.05) is 18.6 Å². The van der Waals surface area contributed by atoms with Gasteiger partial charge in [0.2, 0.25) is 5.91 Å². The van der Waals surface area contributed by atoms with Crippen molar-refractivity contribution in [3.63, 3.8) is 0 Å². The predicted octanol–water partition coefficient (Wildman–Crippen LogP) is 2.93. The summed E-state index contributed by atoms with van der Waals surface area (Å²) in [4.78, 5) is 16.3. The lowest BCUT2D eigenvalue weighted by atomic mass is 9.98. The van der Waals surface area contributed by atoms with Gasteiger partial charge in [-0.3, -0.25) is 9.69 Å². The van der Waals surface area contributed by atoms with Gasteiger partial charge in [-0.05, 0) is 49.9 Å². The van der Waals surface area contributed by atoms with Crippen LogP contribution in [0, 0.1) is 11.3 Å². The Balaban J connectivity index is 1.59. The highest BCUT2D eigenvalue weighted by atomic mass is 16.2. The molecule has 23 heavy (non-hydrogen) atoms. The van der Waals surface area contributed by atoms with Crippen LogP contribution < -0.4 is 0 Å². The molecule has 4 heteroatoms. The molecule has 0 N–H and O–H groups in total. The molecule has 0 unspecified atom stereocenters. The summed E-state index contributed by atoms with van der Waals surface area (Å²) in [6, 6.07) is 10.7. The molecule has 2 heterocycles. The van der Waals surface area contributed by atoms with Crippen LogP contribution >= 0.6 is 0 Å². The molecule has 4 nitrogen and oxygen atoms in total. The van der Waals surface area contributed by atoms with E-state index >= 15 is 0 Å². The highest BCUT2D eigenvalue weighted by Crippen LogP contribution is 2.23. The Morgan fingerprint density at radius 3 is 2.91 bits per heavy atom. The lowest BCUT2D eigenvalue weighted by molar-refractivity contribution is -0.127. The molecule has 0 saturated carbocycles. The summed E-state index contributed by atoms with van der Waals surface area (Å²) in [6.45, 7) is 3.87. The van der Waals surface area contributed by atoms with Gasteiger partial charge >= 0.3 is 0 Å². The third kappa shape index (κ3) is 4.11. The largest absolute Gasteiger partial charge is 0.343 e. The number of benzene rings is 1. The molecule has 2 saturated heterocycles. The summed E-state index contributed by atoms with van der Waals surface area (Å²) in [7, 11) is 0. The van der Waals surface area contributed by atoms with Crippen molar-refractivity contribution in [1.29, 1.82) is 5.26 Å². The molecule has 0 aliphatic carbocycles. The zero-order chi connectivity index (χ0) is 16.1. The molecule has 1 aromatic carbocycles. The van der Waals surface area contributed by atoms with Crippen LogP contribution in [0.3, 0.4) is 0 Å². The molecular weight excluding hydrogens is 286 g/mol. The first-order valence-electron chi connectivity index (χ1n) is 8.77. The van der Waals surface area contributed by atoms with Gasteiger partial charge in [0.15, 0.2) is 0 Å². The number of rotatable bonds is 5. The number of carbonyl (C=O) groups is 1.